The van der Waals surface area contributed by atoms with Gasteiger partial charge in [-0.3, -0.25) is 0 Å². The van der Waals surface area contributed by atoms with Gasteiger partial charge in [-0.2, -0.15) is 9.97 Å². The Labute approximate surface area is 143 Å². The molecule has 0 spiro atoms. The summed E-state index contributed by atoms with van der Waals surface area (Å²) in [5.74, 6) is 1.87. The second-order valence-corrected chi connectivity index (χ2v) is 5.87. The van der Waals surface area contributed by atoms with Gasteiger partial charge in [0.1, 0.15) is 0 Å². The second kappa shape index (κ2) is 8.60. The molecule has 2 rings (SSSR count). The van der Waals surface area contributed by atoms with Crippen molar-refractivity contribution in [3.8, 4) is 5.75 Å². The monoisotopic (exact) mass is 349 g/mol. The number of piperazine rings is 1. The van der Waals surface area contributed by atoms with Crippen molar-refractivity contribution in [2.75, 3.05) is 50.1 Å². The van der Waals surface area contributed by atoms with Crippen LogP contribution >= 0.6 is 24.0 Å². The number of hydrogen-bond donors (Lipinski definition) is 1. The maximum Gasteiger partial charge on any atom is 0.229 e. The van der Waals surface area contributed by atoms with Gasteiger partial charge in [0.25, 0.3) is 0 Å². The van der Waals surface area contributed by atoms with E-state index in [9.17, 15) is 0 Å². The van der Waals surface area contributed by atoms with Crippen LogP contribution in [-0.2, 0) is 0 Å². The number of nitrogens with one attached hydrogen (secondary N) is 1. The Morgan fingerprint density at radius 1 is 1.23 bits per heavy atom. The van der Waals surface area contributed by atoms with Crippen molar-refractivity contribution in [3.05, 3.63) is 5.15 Å². The molecule has 22 heavy (non-hydrogen) atoms. The third-order valence-corrected chi connectivity index (χ3v) is 3.57. The minimum Gasteiger partial charge on any atom is -0.487 e. The highest BCUT2D eigenvalue weighted by atomic mass is 35.5. The molecule has 1 saturated heterocycles. The van der Waals surface area contributed by atoms with E-state index in [0.29, 0.717) is 29.3 Å². The van der Waals surface area contributed by atoms with Crippen LogP contribution in [0.4, 0.5) is 11.8 Å². The molecular weight excluding hydrogens is 325 g/mol. The molecule has 1 N–H and O–H groups in total. The quantitative estimate of drug-likeness (QED) is 0.824. The van der Waals surface area contributed by atoms with E-state index in [2.05, 4.69) is 46.0 Å². The molecule has 6 nitrogen and oxygen atoms in total. The van der Waals surface area contributed by atoms with Gasteiger partial charge in [-0.1, -0.05) is 11.6 Å². The Morgan fingerprint density at radius 2 is 1.86 bits per heavy atom. The molecule has 1 aliphatic heterocycles. The Morgan fingerprint density at radius 3 is 2.41 bits per heavy atom. The highest BCUT2D eigenvalue weighted by Gasteiger charge is 2.21. The molecule has 1 aromatic heterocycles. The lowest BCUT2D eigenvalue weighted by Crippen LogP contribution is -2.45. The summed E-state index contributed by atoms with van der Waals surface area (Å²) in [7, 11) is 2.12. The van der Waals surface area contributed by atoms with Crippen LogP contribution in [-0.4, -0.2) is 60.7 Å². The summed E-state index contributed by atoms with van der Waals surface area (Å²) < 4.78 is 5.58. The van der Waals surface area contributed by atoms with Gasteiger partial charge in [0, 0.05) is 32.2 Å². The van der Waals surface area contributed by atoms with Crippen molar-refractivity contribution >= 4 is 35.8 Å². The number of anilines is 2. The van der Waals surface area contributed by atoms with Crippen LogP contribution in [0.15, 0.2) is 0 Å². The molecule has 0 aliphatic carbocycles. The molecular formula is C14H25Cl2N5O. The van der Waals surface area contributed by atoms with E-state index >= 15 is 0 Å². The average Bonchev–Trinajstić information content (AvgIpc) is 2.42. The first-order chi connectivity index (χ1) is 10.0. The van der Waals surface area contributed by atoms with Crippen LogP contribution in [0.5, 0.6) is 5.75 Å². The molecule has 1 fully saturated rings. The van der Waals surface area contributed by atoms with Crippen molar-refractivity contribution in [2.24, 2.45) is 0 Å². The smallest absolute Gasteiger partial charge is 0.229 e. The van der Waals surface area contributed by atoms with E-state index in [1.54, 1.807) is 0 Å². The van der Waals surface area contributed by atoms with E-state index in [0.717, 1.165) is 26.2 Å². The predicted octanol–water partition coefficient (Wildman–Crippen LogP) is 2.52. The third kappa shape index (κ3) is 4.76. The Kier molecular flexibility index (Phi) is 7.45. The fraction of sp³-hybridized carbons (Fsp3) is 0.714. The van der Waals surface area contributed by atoms with E-state index in [1.807, 2.05) is 6.92 Å². The number of ether oxygens (including phenoxy) is 1. The number of rotatable bonds is 5. The molecule has 2 heterocycles. The van der Waals surface area contributed by atoms with Gasteiger partial charge < -0.3 is 19.9 Å². The SMILES string of the molecule is CCOc1c(Cl)nc(N2CCN(C)CC2)nc1NC(C)C.Cl. The van der Waals surface area contributed by atoms with Crippen LogP contribution in [0.3, 0.4) is 0 Å². The van der Waals surface area contributed by atoms with Crippen molar-refractivity contribution in [1.29, 1.82) is 0 Å². The maximum atomic E-state index is 6.29. The fourth-order valence-corrected chi connectivity index (χ4v) is 2.42. The van der Waals surface area contributed by atoms with Crippen LogP contribution in [0.25, 0.3) is 0 Å². The molecule has 1 aromatic rings. The highest BCUT2D eigenvalue weighted by Crippen LogP contribution is 2.32. The van der Waals surface area contributed by atoms with Gasteiger partial charge >= 0.3 is 0 Å². The van der Waals surface area contributed by atoms with Crippen LogP contribution < -0.4 is 15.0 Å². The first-order valence-electron chi connectivity index (χ1n) is 7.41. The van der Waals surface area contributed by atoms with Gasteiger partial charge in [0.15, 0.2) is 16.7 Å². The van der Waals surface area contributed by atoms with Gasteiger partial charge in [-0.05, 0) is 27.8 Å². The zero-order chi connectivity index (χ0) is 15.4. The van der Waals surface area contributed by atoms with Crippen molar-refractivity contribution in [1.82, 2.24) is 14.9 Å². The van der Waals surface area contributed by atoms with E-state index < -0.39 is 0 Å². The normalized spacial score (nSPS) is 15.6. The Bertz CT molecular complexity index is 479. The fourth-order valence-electron chi connectivity index (χ4n) is 2.20. The lowest BCUT2D eigenvalue weighted by molar-refractivity contribution is 0.310. The Balaban J connectivity index is 0.00000242. The van der Waals surface area contributed by atoms with E-state index in [4.69, 9.17) is 16.3 Å². The molecule has 126 valence electrons. The first-order valence-corrected chi connectivity index (χ1v) is 7.79. The largest absolute Gasteiger partial charge is 0.487 e. The average molecular weight is 350 g/mol. The third-order valence-electron chi connectivity index (χ3n) is 3.31. The van der Waals surface area contributed by atoms with Gasteiger partial charge in [0.2, 0.25) is 5.95 Å². The first kappa shape index (κ1) is 19.1. The topological polar surface area (TPSA) is 53.5 Å². The number of aromatic nitrogens is 2. The molecule has 0 amide bonds. The lowest BCUT2D eigenvalue weighted by atomic mass is 10.3. The minimum absolute atomic E-state index is 0. The molecule has 0 saturated carbocycles. The van der Waals surface area contributed by atoms with Crippen molar-refractivity contribution in [3.63, 3.8) is 0 Å². The van der Waals surface area contributed by atoms with E-state index in [1.165, 1.54) is 0 Å². The van der Waals surface area contributed by atoms with Crippen molar-refractivity contribution < 1.29 is 4.74 Å². The summed E-state index contributed by atoms with van der Waals surface area (Å²) in [6.07, 6.45) is 0. The lowest BCUT2D eigenvalue weighted by Gasteiger charge is -2.32. The molecule has 0 aromatic carbocycles. The molecule has 1 aliphatic rings. The summed E-state index contributed by atoms with van der Waals surface area (Å²) in [6, 6.07) is 0.246. The minimum atomic E-state index is 0. The maximum absolute atomic E-state index is 6.29. The van der Waals surface area contributed by atoms with Crippen molar-refractivity contribution in [2.45, 2.75) is 26.8 Å². The number of likely N-dealkylation sites (N-methyl/N-ethyl adjacent to an activating group) is 1. The van der Waals surface area contributed by atoms with Gasteiger partial charge in [-0.15, -0.1) is 12.4 Å². The number of nitrogens with zero attached hydrogens (tertiary/aromatic N) is 4. The van der Waals surface area contributed by atoms with Crippen LogP contribution in [0, 0.1) is 0 Å². The second-order valence-electron chi connectivity index (χ2n) is 5.51. The summed E-state index contributed by atoms with van der Waals surface area (Å²) in [4.78, 5) is 13.5. The predicted molar refractivity (Wildman–Crippen MR) is 93.9 cm³/mol. The zero-order valence-corrected chi connectivity index (χ0v) is 15.2. The summed E-state index contributed by atoms with van der Waals surface area (Å²) in [5.41, 5.74) is 0. The van der Waals surface area contributed by atoms with Gasteiger partial charge in [0.05, 0.1) is 6.61 Å². The van der Waals surface area contributed by atoms with E-state index in [-0.39, 0.29) is 18.4 Å². The molecule has 0 radical (unpaired) electrons. The zero-order valence-electron chi connectivity index (χ0n) is 13.6. The summed E-state index contributed by atoms with van der Waals surface area (Å²) >= 11 is 6.29. The summed E-state index contributed by atoms with van der Waals surface area (Å²) in [6.45, 7) is 10.4. The molecule has 0 unspecified atom stereocenters. The van der Waals surface area contributed by atoms with Crippen LogP contribution in [0.2, 0.25) is 5.15 Å². The number of halogens is 2. The number of hydrogen-bond acceptors (Lipinski definition) is 6. The van der Waals surface area contributed by atoms with Crippen LogP contribution in [0.1, 0.15) is 20.8 Å². The molecule has 0 atom stereocenters. The standard InChI is InChI=1S/C14H24ClN5O.ClH/c1-5-21-11-12(15)17-14(18-13(11)16-10(2)3)20-8-6-19(4)7-9-20;/h10H,5-9H2,1-4H3,(H,16,17,18);1H. The highest BCUT2D eigenvalue weighted by molar-refractivity contribution is 6.31. The molecule has 0 bridgehead atoms. The molecule has 8 heteroatoms. The summed E-state index contributed by atoms with van der Waals surface area (Å²) in [5, 5.41) is 3.65. The van der Waals surface area contributed by atoms with Gasteiger partial charge in [-0.25, -0.2) is 0 Å². The Hall–Kier alpha value is -0.980.